The highest BCUT2D eigenvalue weighted by Crippen LogP contribution is 2.18. The molecule has 0 bridgehead atoms. The van der Waals surface area contributed by atoms with Crippen molar-refractivity contribution in [1.29, 1.82) is 0 Å². The maximum atomic E-state index is 12.4. The van der Waals surface area contributed by atoms with Gasteiger partial charge < -0.3 is 10.3 Å². The van der Waals surface area contributed by atoms with E-state index in [9.17, 15) is 4.79 Å². The summed E-state index contributed by atoms with van der Waals surface area (Å²) in [6.45, 7) is 3.87. The van der Waals surface area contributed by atoms with Crippen LogP contribution in [0.1, 0.15) is 21.7 Å². The van der Waals surface area contributed by atoms with Crippen LogP contribution in [-0.4, -0.2) is 15.9 Å². The zero-order valence-electron chi connectivity index (χ0n) is 11.4. The second-order valence-electron chi connectivity index (χ2n) is 4.85. The number of carbonyl (C=O) groups is 1. The number of aromatic amines is 1. The Bertz CT molecular complexity index is 789. The molecule has 1 aromatic heterocycles. The van der Waals surface area contributed by atoms with Gasteiger partial charge >= 0.3 is 0 Å². The van der Waals surface area contributed by atoms with Crippen LogP contribution in [0.3, 0.4) is 0 Å². The van der Waals surface area contributed by atoms with Crippen LogP contribution < -0.4 is 5.32 Å². The summed E-state index contributed by atoms with van der Waals surface area (Å²) in [5.74, 6) is 0.656. The van der Waals surface area contributed by atoms with Crippen LogP contribution in [0.5, 0.6) is 0 Å². The van der Waals surface area contributed by atoms with Gasteiger partial charge in [0.15, 0.2) is 0 Å². The number of rotatable bonds is 2. The Balaban J connectivity index is 1.96. The van der Waals surface area contributed by atoms with Crippen LogP contribution in [0, 0.1) is 13.8 Å². The Morgan fingerprint density at radius 1 is 1.15 bits per heavy atom. The Hall–Kier alpha value is -2.62. The monoisotopic (exact) mass is 265 g/mol. The van der Waals surface area contributed by atoms with Crippen LogP contribution in [0.15, 0.2) is 42.5 Å². The number of hydrogen-bond donors (Lipinski definition) is 2. The number of aryl methyl sites for hydroxylation is 2. The van der Waals surface area contributed by atoms with E-state index in [0.29, 0.717) is 11.1 Å². The van der Waals surface area contributed by atoms with Crippen LogP contribution >= 0.6 is 0 Å². The van der Waals surface area contributed by atoms with Gasteiger partial charge in [0.05, 0.1) is 11.1 Å². The Labute approximate surface area is 116 Å². The number of amides is 1. The van der Waals surface area contributed by atoms with Gasteiger partial charge in [-0.05, 0) is 43.7 Å². The quantitative estimate of drug-likeness (QED) is 0.745. The highest BCUT2D eigenvalue weighted by molar-refractivity contribution is 6.11. The molecule has 4 nitrogen and oxygen atoms in total. The minimum atomic E-state index is -0.146. The molecule has 100 valence electrons. The lowest BCUT2D eigenvalue weighted by molar-refractivity contribution is 0.102. The second-order valence-corrected chi connectivity index (χ2v) is 4.85. The molecule has 0 unspecified atom stereocenters. The predicted octanol–water partition coefficient (Wildman–Crippen LogP) is 3.43. The van der Waals surface area contributed by atoms with E-state index >= 15 is 0 Å². The first-order chi connectivity index (χ1) is 9.63. The zero-order valence-corrected chi connectivity index (χ0v) is 11.4. The SMILES string of the molecule is Cc1cccc(NC(=O)c2cccc3[nH]c(C)nc23)c1. The summed E-state index contributed by atoms with van der Waals surface area (Å²) in [6, 6.07) is 13.3. The first-order valence-electron chi connectivity index (χ1n) is 6.47. The number of imidazole rings is 1. The summed E-state index contributed by atoms with van der Waals surface area (Å²) < 4.78 is 0. The van der Waals surface area contributed by atoms with Crippen molar-refractivity contribution in [3.05, 3.63) is 59.4 Å². The molecule has 2 N–H and O–H groups in total. The number of aromatic nitrogens is 2. The first-order valence-corrected chi connectivity index (χ1v) is 6.47. The minimum absolute atomic E-state index is 0.146. The third-order valence-corrected chi connectivity index (χ3v) is 3.15. The normalized spacial score (nSPS) is 10.7. The lowest BCUT2D eigenvalue weighted by Gasteiger charge is -2.06. The average molecular weight is 265 g/mol. The second kappa shape index (κ2) is 4.81. The van der Waals surface area contributed by atoms with Gasteiger partial charge in [-0.15, -0.1) is 0 Å². The number of hydrogen-bond acceptors (Lipinski definition) is 2. The molecule has 0 atom stereocenters. The van der Waals surface area contributed by atoms with Crippen molar-refractivity contribution in [3.8, 4) is 0 Å². The zero-order chi connectivity index (χ0) is 14.1. The smallest absolute Gasteiger partial charge is 0.257 e. The van der Waals surface area contributed by atoms with E-state index in [-0.39, 0.29) is 5.91 Å². The van der Waals surface area contributed by atoms with Crippen molar-refractivity contribution in [2.75, 3.05) is 5.32 Å². The number of nitrogens with one attached hydrogen (secondary N) is 2. The third-order valence-electron chi connectivity index (χ3n) is 3.15. The summed E-state index contributed by atoms with van der Waals surface area (Å²) in [5.41, 5.74) is 4.05. The number of carbonyl (C=O) groups excluding carboxylic acids is 1. The van der Waals surface area contributed by atoms with E-state index in [1.807, 2.05) is 50.2 Å². The number of fused-ring (bicyclic) bond motifs is 1. The molecule has 0 spiro atoms. The largest absolute Gasteiger partial charge is 0.342 e. The Kier molecular flexibility index (Phi) is 2.99. The number of anilines is 1. The lowest BCUT2D eigenvalue weighted by Crippen LogP contribution is -2.12. The van der Waals surface area contributed by atoms with Crippen molar-refractivity contribution in [2.45, 2.75) is 13.8 Å². The minimum Gasteiger partial charge on any atom is -0.342 e. The topological polar surface area (TPSA) is 57.8 Å². The van der Waals surface area contributed by atoms with Crippen LogP contribution in [-0.2, 0) is 0 Å². The molecule has 20 heavy (non-hydrogen) atoms. The van der Waals surface area contributed by atoms with Crippen molar-refractivity contribution in [2.24, 2.45) is 0 Å². The predicted molar refractivity (Wildman–Crippen MR) is 80.0 cm³/mol. The van der Waals surface area contributed by atoms with Gasteiger partial charge in [-0.2, -0.15) is 0 Å². The molecule has 3 rings (SSSR count). The highest BCUT2D eigenvalue weighted by Gasteiger charge is 2.12. The van der Waals surface area contributed by atoms with E-state index in [4.69, 9.17) is 0 Å². The van der Waals surface area contributed by atoms with Crippen LogP contribution in [0.25, 0.3) is 11.0 Å². The molecule has 0 radical (unpaired) electrons. The fourth-order valence-corrected chi connectivity index (χ4v) is 2.26. The number of para-hydroxylation sites is 1. The molecule has 0 aliphatic heterocycles. The molecule has 0 saturated carbocycles. The van der Waals surface area contributed by atoms with Gasteiger partial charge in [-0.25, -0.2) is 4.98 Å². The summed E-state index contributed by atoms with van der Waals surface area (Å²) in [5, 5.41) is 2.91. The van der Waals surface area contributed by atoms with Crippen molar-refractivity contribution in [3.63, 3.8) is 0 Å². The van der Waals surface area contributed by atoms with E-state index in [1.54, 1.807) is 6.07 Å². The third kappa shape index (κ3) is 2.28. The summed E-state index contributed by atoms with van der Waals surface area (Å²) in [7, 11) is 0. The average Bonchev–Trinajstić information content (AvgIpc) is 2.78. The maximum Gasteiger partial charge on any atom is 0.257 e. The lowest BCUT2D eigenvalue weighted by atomic mass is 10.1. The van der Waals surface area contributed by atoms with Crippen LogP contribution in [0.2, 0.25) is 0 Å². The fraction of sp³-hybridized carbons (Fsp3) is 0.125. The Morgan fingerprint density at radius 3 is 2.75 bits per heavy atom. The van der Waals surface area contributed by atoms with Gasteiger partial charge in [-0.3, -0.25) is 4.79 Å². The maximum absolute atomic E-state index is 12.4. The first kappa shape index (κ1) is 12.4. The molecule has 0 fully saturated rings. The summed E-state index contributed by atoms with van der Waals surface area (Å²) in [6.07, 6.45) is 0. The van der Waals surface area contributed by atoms with Crippen molar-refractivity contribution >= 4 is 22.6 Å². The van der Waals surface area contributed by atoms with E-state index in [2.05, 4.69) is 15.3 Å². The van der Waals surface area contributed by atoms with E-state index in [0.717, 1.165) is 22.6 Å². The molecule has 3 aromatic rings. The van der Waals surface area contributed by atoms with E-state index < -0.39 is 0 Å². The van der Waals surface area contributed by atoms with Crippen molar-refractivity contribution < 1.29 is 4.79 Å². The number of nitrogens with zero attached hydrogens (tertiary/aromatic N) is 1. The van der Waals surface area contributed by atoms with Gasteiger partial charge in [0.1, 0.15) is 11.3 Å². The van der Waals surface area contributed by atoms with Gasteiger partial charge in [-0.1, -0.05) is 18.2 Å². The summed E-state index contributed by atoms with van der Waals surface area (Å²) in [4.78, 5) is 19.9. The molecule has 0 aliphatic rings. The fourth-order valence-electron chi connectivity index (χ4n) is 2.26. The molecule has 0 saturated heterocycles. The molecule has 4 heteroatoms. The molecule has 0 aliphatic carbocycles. The van der Waals surface area contributed by atoms with Gasteiger partial charge in [0.2, 0.25) is 0 Å². The van der Waals surface area contributed by atoms with Crippen molar-refractivity contribution in [1.82, 2.24) is 9.97 Å². The molecule has 1 heterocycles. The van der Waals surface area contributed by atoms with E-state index in [1.165, 1.54) is 0 Å². The molecule has 2 aromatic carbocycles. The standard InChI is InChI=1S/C16H15N3O/c1-10-5-3-6-12(9-10)19-16(20)13-7-4-8-14-15(13)18-11(2)17-14/h3-9H,1-2H3,(H,17,18)(H,19,20). The number of benzene rings is 2. The van der Waals surface area contributed by atoms with Gasteiger partial charge in [0, 0.05) is 5.69 Å². The highest BCUT2D eigenvalue weighted by atomic mass is 16.1. The van der Waals surface area contributed by atoms with Gasteiger partial charge in [0.25, 0.3) is 5.91 Å². The van der Waals surface area contributed by atoms with Crippen LogP contribution in [0.4, 0.5) is 5.69 Å². The Morgan fingerprint density at radius 2 is 1.95 bits per heavy atom. The number of H-pyrrole nitrogens is 1. The molecule has 1 amide bonds. The summed E-state index contributed by atoms with van der Waals surface area (Å²) >= 11 is 0. The molecular formula is C16H15N3O. The molecular weight excluding hydrogens is 250 g/mol.